The predicted molar refractivity (Wildman–Crippen MR) is 84.5 cm³/mol. The average molecular weight is 286 g/mol. The SMILES string of the molecule is CC(C)(C)SN1C/C(=C\[Si](C)(C)C)C(CC=O)C1. The monoisotopic (exact) mass is 285 g/mol. The highest BCUT2D eigenvalue weighted by atomic mass is 32.2. The van der Waals surface area contributed by atoms with Crippen LogP contribution in [0.3, 0.4) is 0 Å². The van der Waals surface area contributed by atoms with Crippen LogP contribution in [0.15, 0.2) is 11.3 Å². The van der Waals surface area contributed by atoms with Crippen LogP contribution in [0.1, 0.15) is 27.2 Å². The zero-order valence-corrected chi connectivity index (χ0v) is 14.4. The van der Waals surface area contributed by atoms with E-state index in [2.05, 4.69) is 50.4 Å². The fourth-order valence-corrected chi connectivity index (χ4v) is 4.96. The van der Waals surface area contributed by atoms with E-state index in [1.165, 1.54) is 5.57 Å². The van der Waals surface area contributed by atoms with Crippen LogP contribution in [0, 0.1) is 5.92 Å². The highest BCUT2D eigenvalue weighted by molar-refractivity contribution is 7.98. The Kier molecular flexibility index (Phi) is 5.27. The molecule has 0 spiro atoms. The van der Waals surface area contributed by atoms with Gasteiger partial charge in [-0.3, -0.25) is 0 Å². The Morgan fingerprint density at radius 1 is 1.39 bits per heavy atom. The van der Waals surface area contributed by atoms with E-state index in [1.807, 2.05) is 11.9 Å². The Morgan fingerprint density at radius 3 is 2.44 bits per heavy atom. The first-order chi connectivity index (χ1) is 8.11. The molecule has 0 amide bonds. The van der Waals surface area contributed by atoms with Crippen molar-refractivity contribution in [3.63, 3.8) is 0 Å². The van der Waals surface area contributed by atoms with Crippen LogP contribution >= 0.6 is 11.9 Å². The first-order valence-electron chi connectivity index (χ1n) is 6.70. The minimum Gasteiger partial charge on any atom is -0.303 e. The predicted octanol–water partition coefficient (Wildman–Crippen LogP) is 3.76. The van der Waals surface area contributed by atoms with Gasteiger partial charge in [-0.1, -0.05) is 42.9 Å². The molecule has 2 nitrogen and oxygen atoms in total. The molecule has 0 aromatic rings. The van der Waals surface area contributed by atoms with Crippen molar-refractivity contribution in [2.24, 2.45) is 5.92 Å². The zero-order chi connectivity index (χ0) is 14.0. The standard InChI is InChI=1S/C14H27NOSSi/c1-14(2,3)17-15-9-12(7-8-16)13(10-15)11-18(4,5)6/h8,11-12H,7,9-10H2,1-6H3/b13-11+. The molecular weight excluding hydrogens is 258 g/mol. The zero-order valence-electron chi connectivity index (χ0n) is 12.6. The molecule has 104 valence electrons. The van der Waals surface area contributed by atoms with Gasteiger partial charge in [0, 0.05) is 30.2 Å². The highest BCUT2D eigenvalue weighted by Crippen LogP contribution is 2.36. The first kappa shape index (κ1) is 16.0. The van der Waals surface area contributed by atoms with Crippen LogP contribution in [0.2, 0.25) is 19.6 Å². The number of nitrogens with zero attached hydrogens (tertiary/aromatic N) is 1. The molecule has 0 aromatic heterocycles. The van der Waals surface area contributed by atoms with Gasteiger partial charge in [-0.2, -0.15) is 0 Å². The van der Waals surface area contributed by atoms with Crippen molar-refractivity contribution in [3.8, 4) is 0 Å². The summed E-state index contributed by atoms with van der Waals surface area (Å²) in [6, 6.07) is 0. The third-order valence-corrected chi connectivity index (χ3v) is 5.03. The third kappa shape index (κ3) is 5.72. The molecule has 1 atom stereocenters. The van der Waals surface area contributed by atoms with Crippen molar-refractivity contribution in [2.45, 2.75) is 51.6 Å². The second kappa shape index (κ2) is 5.93. The van der Waals surface area contributed by atoms with E-state index in [-0.39, 0.29) is 4.75 Å². The summed E-state index contributed by atoms with van der Waals surface area (Å²) in [4.78, 5) is 10.8. The molecule has 4 heteroatoms. The van der Waals surface area contributed by atoms with Crippen LogP contribution in [0.25, 0.3) is 0 Å². The Hall–Kier alpha value is -0.0631. The first-order valence-corrected chi connectivity index (χ1v) is 11.0. The maximum atomic E-state index is 10.8. The lowest BCUT2D eigenvalue weighted by molar-refractivity contribution is -0.108. The Labute approximate surface area is 117 Å². The van der Waals surface area contributed by atoms with Crippen molar-refractivity contribution in [1.29, 1.82) is 0 Å². The van der Waals surface area contributed by atoms with E-state index in [0.717, 1.165) is 19.4 Å². The molecule has 1 fully saturated rings. The maximum Gasteiger partial charge on any atom is 0.120 e. The number of rotatable bonds is 4. The van der Waals surface area contributed by atoms with Gasteiger partial charge in [0.2, 0.25) is 0 Å². The number of carbonyl (C=O) groups is 1. The molecular formula is C14H27NOSSi. The summed E-state index contributed by atoms with van der Waals surface area (Å²) >= 11 is 1.92. The van der Waals surface area contributed by atoms with Crippen molar-refractivity contribution in [2.75, 3.05) is 13.1 Å². The van der Waals surface area contributed by atoms with Crippen molar-refractivity contribution in [3.05, 3.63) is 11.3 Å². The lowest BCUT2D eigenvalue weighted by atomic mass is 10.0. The molecule has 1 aliphatic heterocycles. The van der Waals surface area contributed by atoms with E-state index in [4.69, 9.17) is 0 Å². The fraction of sp³-hybridized carbons (Fsp3) is 0.786. The molecule has 0 N–H and O–H groups in total. The summed E-state index contributed by atoms with van der Waals surface area (Å²) < 4.78 is 2.68. The molecule has 1 heterocycles. The minimum absolute atomic E-state index is 0.250. The van der Waals surface area contributed by atoms with Gasteiger partial charge in [0.05, 0.1) is 8.07 Å². The molecule has 0 aliphatic carbocycles. The smallest absolute Gasteiger partial charge is 0.120 e. The van der Waals surface area contributed by atoms with E-state index in [0.29, 0.717) is 12.3 Å². The maximum absolute atomic E-state index is 10.8. The van der Waals surface area contributed by atoms with Gasteiger partial charge in [0.1, 0.15) is 6.29 Å². The van der Waals surface area contributed by atoms with Crippen LogP contribution in [0.5, 0.6) is 0 Å². The molecule has 1 rings (SSSR count). The topological polar surface area (TPSA) is 20.3 Å². The fourth-order valence-electron chi connectivity index (χ4n) is 2.28. The summed E-state index contributed by atoms with van der Waals surface area (Å²) in [5, 5.41) is 0. The molecule has 0 aromatic carbocycles. The Morgan fingerprint density at radius 2 is 2.00 bits per heavy atom. The van der Waals surface area contributed by atoms with Crippen molar-refractivity contribution in [1.82, 2.24) is 4.31 Å². The molecule has 0 radical (unpaired) electrons. The number of hydrogen-bond acceptors (Lipinski definition) is 3. The number of carbonyl (C=O) groups excluding carboxylic acids is 1. The summed E-state index contributed by atoms with van der Waals surface area (Å²) in [6.07, 6.45) is 1.76. The van der Waals surface area contributed by atoms with Crippen molar-refractivity contribution >= 4 is 26.3 Å². The van der Waals surface area contributed by atoms with E-state index in [1.54, 1.807) is 0 Å². The quantitative estimate of drug-likeness (QED) is 0.446. The third-order valence-electron chi connectivity index (χ3n) is 2.71. The van der Waals surface area contributed by atoms with E-state index < -0.39 is 8.07 Å². The number of aldehydes is 1. The highest BCUT2D eigenvalue weighted by Gasteiger charge is 2.31. The molecule has 0 bridgehead atoms. The molecule has 1 saturated heterocycles. The molecule has 0 saturated carbocycles. The molecule has 1 unspecified atom stereocenters. The van der Waals surface area contributed by atoms with Gasteiger partial charge in [0.25, 0.3) is 0 Å². The van der Waals surface area contributed by atoms with E-state index in [9.17, 15) is 4.79 Å². The second-order valence-electron chi connectivity index (χ2n) is 7.21. The van der Waals surface area contributed by atoms with Crippen LogP contribution in [-0.2, 0) is 4.79 Å². The molecule has 1 aliphatic rings. The normalized spacial score (nSPS) is 24.8. The Bertz CT molecular complexity index is 328. The summed E-state index contributed by atoms with van der Waals surface area (Å²) in [7, 11) is -1.20. The Balaban J connectivity index is 2.77. The second-order valence-corrected chi connectivity index (χ2v) is 14.2. The van der Waals surface area contributed by atoms with Gasteiger partial charge in [0.15, 0.2) is 0 Å². The average Bonchev–Trinajstić information content (AvgIpc) is 2.42. The van der Waals surface area contributed by atoms with Gasteiger partial charge >= 0.3 is 0 Å². The largest absolute Gasteiger partial charge is 0.303 e. The minimum atomic E-state index is -1.20. The van der Waals surface area contributed by atoms with E-state index >= 15 is 0 Å². The summed E-state index contributed by atoms with van der Waals surface area (Å²) in [6.45, 7) is 15.9. The number of hydrogen-bond donors (Lipinski definition) is 0. The molecule has 18 heavy (non-hydrogen) atoms. The van der Waals surface area contributed by atoms with Crippen molar-refractivity contribution < 1.29 is 4.79 Å². The summed E-state index contributed by atoms with van der Waals surface area (Å²) in [5.41, 5.74) is 3.99. The van der Waals surface area contributed by atoms with Gasteiger partial charge in [-0.25, -0.2) is 4.31 Å². The lowest BCUT2D eigenvalue weighted by Crippen LogP contribution is -2.21. The summed E-state index contributed by atoms with van der Waals surface area (Å²) in [5.74, 6) is 0.448. The van der Waals surface area contributed by atoms with Crippen LogP contribution in [0.4, 0.5) is 0 Å². The van der Waals surface area contributed by atoms with Gasteiger partial charge in [-0.15, -0.1) is 0 Å². The van der Waals surface area contributed by atoms with Crippen LogP contribution in [-0.4, -0.2) is 36.5 Å². The lowest BCUT2D eigenvalue weighted by Gasteiger charge is -2.24. The van der Waals surface area contributed by atoms with Gasteiger partial charge in [-0.05, 0) is 20.8 Å². The van der Waals surface area contributed by atoms with Gasteiger partial charge < -0.3 is 4.79 Å². The van der Waals surface area contributed by atoms with Crippen LogP contribution < -0.4 is 0 Å².